The molecule has 0 saturated carbocycles. The summed E-state index contributed by atoms with van der Waals surface area (Å²) in [4.78, 5) is 27.3. The molecule has 1 aromatic heterocycles. The SMILES string of the molecule is COCCN1C(=O)C(O)=C(C(=O)c2ccco2)C1c1cc(OC)c(OC)c(OC)c1. The average Bonchev–Trinajstić information content (AvgIpc) is 3.38. The van der Waals surface area contributed by atoms with Gasteiger partial charge in [-0.05, 0) is 29.8 Å². The van der Waals surface area contributed by atoms with Gasteiger partial charge in [-0.3, -0.25) is 9.59 Å². The number of carbonyl (C=O) groups is 2. The fourth-order valence-electron chi connectivity index (χ4n) is 3.45. The van der Waals surface area contributed by atoms with Crippen LogP contribution in [0.5, 0.6) is 17.2 Å². The number of hydrogen-bond donors (Lipinski definition) is 1. The van der Waals surface area contributed by atoms with Crippen molar-refractivity contribution < 1.29 is 38.1 Å². The van der Waals surface area contributed by atoms with E-state index >= 15 is 0 Å². The Labute approximate surface area is 173 Å². The van der Waals surface area contributed by atoms with Crippen molar-refractivity contribution in [3.63, 3.8) is 0 Å². The summed E-state index contributed by atoms with van der Waals surface area (Å²) in [7, 11) is 5.90. The van der Waals surface area contributed by atoms with Gasteiger partial charge >= 0.3 is 0 Å². The van der Waals surface area contributed by atoms with Crippen LogP contribution >= 0.6 is 0 Å². The molecule has 160 valence electrons. The minimum Gasteiger partial charge on any atom is -0.503 e. The Morgan fingerprint density at radius 1 is 1.13 bits per heavy atom. The van der Waals surface area contributed by atoms with Crippen LogP contribution in [0.15, 0.2) is 46.3 Å². The zero-order valence-corrected chi connectivity index (χ0v) is 17.1. The van der Waals surface area contributed by atoms with Crippen molar-refractivity contribution in [1.29, 1.82) is 0 Å². The third-order valence-electron chi connectivity index (χ3n) is 4.83. The number of nitrogens with zero attached hydrogens (tertiary/aromatic N) is 1. The van der Waals surface area contributed by atoms with Crippen LogP contribution in [0.25, 0.3) is 0 Å². The number of furan rings is 1. The zero-order valence-electron chi connectivity index (χ0n) is 17.1. The number of amides is 1. The van der Waals surface area contributed by atoms with Gasteiger partial charge in [-0.2, -0.15) is 0 Å². The van der Waals surface area contributed by atoms with Crippen molar-refractivity contribution in [2.45, 2.75) is 6.04 Å². The van der Waals surface area contributed by atoms with Crippen molar-refractivity contribution >= 4 is 11.7 Å². The predicted molar refractivity (Wildman–Crippen MR) is 105 cm³/mol. The Bertz CT molecular complexity index is 938. The third kappa shape index (κ3) is 3.59. The van der Waals surface area contributed by atoms with E-state index < -0.39 is 23.5 Å². The van der Waals surface area contributed by atoms with Gasteiger partial charge in [-0.15, -0.1) is 0 Å². The minimum absolute atomic E-state index is 0.00961. The molecule has 1 unspecified atom stereocenters. The van der Waals surface area contributed by atoms with E-state index in [1.165, 1.54) is 45.7 Å². The summed E-state index contributed by atoms with van der Waals surface area (Å²) in [6, 6.07) is 5.38. The first-order valence-corrected chi connectivity index (χ1v) is 9.09. The molecule has 1 atom stereocenters. The van der Waals surface area contributed by atoms with E-state index in [0.29, 0.717) is 22.8 Å². The van der Waals surface area contributed by atoms with E-state index in [1.807, 2.05) is 0 Å². The normalized spacial score (nSPS) is 16.2. The highest BCUT2D eigenvalue weighted by molar-refractivity contribution is 6.15. The van der Waals surface area contributed by atoms with Gasteiger partial charge in [0.05, 0.1) is 45.8 Å². The summed E-state index contributed by atoms with van der Waals surface area (Å²) in [6.45, 7) is 0.359. The summed E-state index contributed by atoms with van der Waals surface area (Å²) >= 11 is 0. The fraction of sp³-hybridized carbons (Fsp3) is 0.333. The van der Waals surface area contributed by atoms with Gasteiger partial charge < -0.3 is 33.4 Å². The van der Waals surface area contributed by atoms with E-state index in [2.05, 4.69) is 0 Å². The van der Waals surface area contributed by atoms with E-state index in [-0.39, 0.29) is 24.5 Å². The van der Waals surface area contributed by atoms with Crippen molar-refractivity contribution in [2.75, 3.05) is 41.6 Å². The highest BCUT2D eigenvalue weighted by Crippen LogP contribution is 2.45. The Kier molecular flexibility index (Phi) is 6.31. The summed E-state index contributed by atoms with van der Waals surface area (Å²) in [5.41, 5.74) is 0.397. The maximum absolute atomic E-state index is 13.1. The summed E-state index contributed by atoms with van der Waals surface area (Å²) < 4.78 is 26.5. The van der Waals surface area contributed by atoms with Gasteiger partial charge in [-0.25, -0.2) is 0 Å². The van der Waals surface area contributed by atoms with E-state index in [9.17, 15) is 14.7 Å². The number of ketones is 1. The smallest absolute Gasteiger partial charge is 0.290 e. The Hall–Kier alpha value is -3.46. The molecule has 0 bridgehead atoms. The van der Waals surface area contributed by atoms with Crippen LogP contribution in [0.1, 0.15) is 22.2 Å². The number of aliphatic hydroxyl groups excluding tert-OH is 1. The van der Waals surface area contributed by atoms with Crippen molar-refractivity contribution in [2.24, 2.45) is 0 Å². The van der Waals surface area contributed by atoms with Gasteiger partial charge in [0.25, 0.3) is 5.91 Å². The second-order valence-electron chi connectivity index (χ2n) is 6.42. The molecule has 30 heavy (non-hydrogen) atoms. The second-order valence-corrected chi connectivity index (χ2v) is 6.42. The van der Waals surface area contributed by atoms with Crippen LogP contribution in [0.2, 0.25) is 0 Å². The van der Waals surface area contributed by atoms with Crippen LogP contribution in [0.4, 0.5) is 0 Å². The molecule has 3 rings (SSSR count). The van der Waals surface area contributed by atoms with Gasteiger partial charge in [-0.1, -0.05) is 0 Å². The predicted octanol–water partition coefficient (Wildman–Crippen LogP) is 2.53. The Balaban J connectivity index is 2.18. The van der Waals surface area contributed by atoms with Crippen molar-refractivity contribution in [1.82, 2.24) is 4.90 Å². The molecule has 9 heteroatoms. The third-order valence-corrected chi connectivity index (χ3v) is 4.83. The summed E-state index contributed by atoms with van der Waals surface area (Å²) in [5, 5.41) is 10.6. The lowest BCUT2D eigenvalue weighted by atomic mass is 9.94. The molecule has 1 amide bonds. The first-order valence-electron chi connectivity index (χ1n) is 9.09. The first-order chi connectivity index (χ1) is 14.5. The van der Waals surface area contributed by atoms with Crippen molar-refractivity contribution in [3.8, 4) is 17.2 Å². The van der Waals surface area contributed by atoms with Crippen LogP contribution in [-0.2, 0) is 9.53 Å². The lowest BCUT2D eigenvalue weighted by Crippen LogP contribution is -2.34. The lowest BCUT2D eigenvalue weighted by Gasteiger charge is -2.27. The zero-order chi connectivity index (χ0) is 21.8. The largest absolute Gasteiger partial charge is 0.503 e. The number of Topliss-reactive ketones (excluding diaryl/α,β-unsaturated/α-hetero) is 1. The molecule has 1 aliphatic heterocycles. The highest BCUT2D eigenvalue weighted by atomic mass is 16.5. The lowest BCUT2D eigenvalue weighted by molar-refractivity contribution is -0.130. The molecule has 2 aromatic rings. The van der Waals surface area contributed by atoms with Crippen LogP contribution < -0.4 is 14.2 Å². The first kappa shape index (κ1) is 21.3. The molecule has 1 aromatic carbocycles. The molecule has 1 N–H and O–H groups in total. The van der Waals surface area contributed by atoms with Crippen LogP contribution in [-0.4, -0.2) is 63.3 Å². The topological polar surface area (TPSA) is 108 Å². The molecular formula is C21H23NO8. The van der Waals surface area contributed by atoms with Crippen LogP contribution in [0.3, 0.4) is 0 Å². The maximum atomic E-state index is 13.1. The number of ether oxygens (including phenoxy) is 4. The van der Waals surface area contributed by atoms with Gasteiger partial charge in [0.1, 0.15) is 0 Å². The summed E-state index contributed by atoms with van der Waals surface area (Å²) in [6.07, 6.45) is 1.35. The van der Waals surface area contributed by atoms with Crippen LogP contribution in [0, 0.1) is 0 Å². The standard InChI is InChI=1S/C21H23NO8/c1-26-9-7-22-17(12-10-14(27-2)20(29-4)15(11-12)28-3)16(19(24)21(22)25)18(23)13-6-5-8-30-13/h5-6,8,10-11,17,24H,7,9H2,1-4H3. The Morgan fingerprint density at radius 3 is 2.30 bits per heavy atom. The number of carbonyl (C=O) groups excluding carboxylic acids is 2. The number of benzene rings is 1. The van der Waals surface area contributed by atoms with E-state index in [4.69, 9.17) is 23.4 Å². The molecule has 0 spiro atoms. The Morgan fingerprint density at radius 2 is 1.80 bits per heavy atom. The number of methoxy groups -OCH3 is 4. The molecule has 2 heterocycles. The monoisotopic (exact) mass is 417 g/mol. The fourth-order valence-corrected chi connectivity index (χ4v) is 3.45. The molecule has 0 fully saturated rings. The average molecular weight is 417 g/mol. The second kappa shape index (κ2) is 8.91. The maximum Gasteiger partial charge on any atom is 0.290 e. The highest BCUT2D eigenvalue weighted by Gasteiger charge is 2.44. The molecule has 9 nitrogen and oxygen atoms in total. The molecule has 0 aliphatic carbocycles. The summed E-state index contributed by atoms with van der Waals surface area (Å²) in [5.74, 6) is -0.833. The van der Waals surface area contributed by atoms with E-state index in [0.717, 1.165) is 0 Å². The number of aliphatic hydroxyl groups is 1. The van der Waals surface area contributed by atoms with Crippen molar-refractivity contribution in [3.05, 3.63) is 53.2 Å². The molecule has 0 radical (unpaired) electrons. The van der Waals surface area contributed by atoms with Gasteiger partial charge in [0, 0.05) is 13.7 Å². The minimum atomic E-state index is -0.904. The van der Waals surface area contributed by atoms with Gasteiger partial charge in [0.15, 0.2) is 23.0 Å². The molecule has 0 saturated heterocycles. The molecule has 1 aliphatic rings. The van der Waals surface area contributed by atoms with Gasteiger partial charge in [0.2, 0.25) is 11.5 Å². The molecular weight excluding hydrogens is 394 g/mol. The number of hydrogen-bond acceptors (Lipinski definition) is 8. The number of rotatable bonds is 9. The van der Waals surface area contributed by atoms with E-state index in [1.54, 1.807) is 18.2 Å². The quantitative estimate of drug-likeness (QED) is 0.620.